The maximum atomic E-state index is 10.3. The topological polar surface area (TPSA) is 35.5 Å². The van der Waals surface area contributed by atoms with Crippen LogP contribution in [0.25, 0.3) is 6.08 Å². The van der Waals surface area contributed by atoms with E-state index in [1.165, 1.54) is 5.57 Å². The van der Waals surface area contributed by atoms with Gasteiger partial charge in [-0.15, -0.1) is 0 Å². The quantitative estimate of drug-likeness (QED) is 0.347. The Morgan fingerprint density at radius 3 is 2.57 bits per heavy atom. The van der Waals surface area contributed by atoms with E-state index in [-0.39, 0.29) is 0 Å². The summed E-state index contributed by atoms with van der Waals surface area (Å²) in [5.41, 5.74) is 2.27. The van der Waals surface area contributed by atoms with E-state index in [1.807, 2.05) is 25.1 Å². The van der Waals surface area contributed by atoms with Crippen LogP contribution in [0, 0.1) is 0 Å². The molecule has 0 saturated heterocycles. The molecule has 3 heteroatoms. The Morgan fingerprint density at radius 2 is 1.87 bits per heavy atom. The van der Waals surface area contributed by atoms with Crippen LogP contribution in [0.1, 0.15) is 38.2 Å². The first-order valence-corrected chi connectivity index (χ1v) is 7.85. The SMILES string of the molecule is COc1ccc(/C=C/CC/C=C/C=C(\C)CCC=O)c(OC)c1. The second-order valence-electron chi connectivity index (χ2n) is 5.23. The highest BCUT2D eigenvalue weighted by Gasteiger charge is 2.01. The Labute approximate surface area is 139 Å². The molecule has 0 fully saturated rings. The van der Waals surface area contributed by atoms with E-state index in [1.54, 1.807) is 14.2 Å². The first-order valence-electron chi connectivity index (χ1n) is 7.85. The normalized spacial score (nSPS) is 12.0. The van der Waals surface area contributed by atoms with Gasteiger partial charge in [-0.1, -0.05) is 36.0 Å². The maximum Gasteiger partial charge on any atom is 0.129 e. The van der Waals surface area contributed by atoms with Crippen molar-refractivity contribution < 1.29 is 14.3 Å². The van der Waals surface area contributed by atoms with E-state index >= 15 is 0 Å². The van der Waals surface area contributed by atoms with Gasteiger partial charge >= 0.3 is 0 Å². The van der Waals surface area contributed by atoms with Crippen LogP contribution < -0.4 is 9.47 Å². The molecule has 0 atom stereocenters. The van der Waals surface area contributed by atoms with Crippen LogP contribution in [-0.4, -0.2) is 20.5 Å². The lowest BCUT2D eigenvalue weighted by molar-refractivity contribution is -0.107. The van der Waals surface area contributed by atoms with Crippen molar-refractivity contribution in [3.63, 3.8) is 0 Å². The summed E-state index contributed by atoms with van der Waals surface area (Å²) < 4.78 is 10.6. The van der Waals surface area contributed by atoms with Crippen molar-refractivity contribution in [1.82, 2.24) is 0 Å². The summed E-state index contributed by atoms with van der Waals surface area (Å²) >= 11 is 0. The minimum Gasteiger partial charge on any atom is -0.497 e. The summed E-state index contributed by atoms with van der Waals surface area (Å²) in [6.45, 7) is 2.05. The number of hydrogen-bond acceptors (Lipinski definition) is 3. The van der Waals surface area contributed by atoms with Gasteiger partial charge in [0, 0.05) is 18.1 Å². The number of ether oxygens (including phenoxy) is 2. The fourth-order valence-electron chi connectivity index (χ4n) is 2.06. The molecule has 23 heavy (non-hydrogen) atoms. The third kappa shape index (κ3) is 7.50. The fraction of sp³-hybridized carbons (Fsp3) is 0.350. The van der Waals surface area contributed by atoms with Crippen molar-refractivity contribution in [2.45, 2.75) is 32.6 Å². The van der Waals surface area contributed by atoms with Crippen molar-refractivity contribution in [3.8, 4) is 11.5 Å². The summed E-state index contributed by atoms with van der Waals surface area (Å²) in [7, 11) is 3.31. The predicted molar refractivity (Wildman–Crippen MR) is 96.0 cm³/mol. The van der Waals surface area contributed by atoms with Crippen molar-refractivity contribution >= 4 is 12.4 Å². The van der Waals surface area contributed by atoms with Crippen LogP contribution >= 0.6 is 0 Å². The van der Waals surface area contributed by atoms with Gasteiger partial charge < -0.3 is 14.3 Å². The van der Waals surface area contributed by atoms with E-state index in [0.29, 0.717) is 6.42 Å². The number of rotatable bonds is 10. The third-order valence-corrected chi connectivity index (χ3v) is 3.41. The number of carbonyl (C=O) groups is 1. The van der Waals surface area contributed by atoms with E-state index in [2.05, 4.69) is 30.4 Å². The van der Waals surface area contributed by atoms with E-state index in [4.69, 9.17) is 9.47 Å². The zero-order chi connectivity index (χ0) is 16.9. The second-order valence-corrected chi connectivity index (χ2v) is 5.23. The number of benzene rings is 1. The molecule has 0 aliphatic carbocycles. The summed E-state index contributed by atoms with van der Waals surface area (Å²) in [4.78, 5) is 10.3. The monoisotopic (exact) mass is 314 g/mol. The molecule has 1 aromatic carbocycles. The lowest BCUT2D eigenvalue weighted by Gasteiger charge is -2.07. The van der Waals surface area contributed by atoms with Gasteiger partial charge in [0.25, 0.3) is 0 Å². The van der Waals surface area contributed by atoms with Crippen LogP contribution in [0.5, 0.6) is 11.5 Å². The summed E-state index contributed by atoms with van der Waals surface area (Å²) in [5, 5.41) is 0. The Bertz CT molecular complexity index is 568. The van der Waals surface area contributed by atoms with E-state index < -0.39 is 0 Å². The molecule has 0 aliphatic rings. The van der Waals surface area contributed by atoms with Gasteiger partial charge in [0.15, 0.2) is 0 Å². The van der Waals surface area contributed by atoms with Crippen LogP contribution in [0.15, 0.2) is 48.1 Å². The smallest absolute Gasteiger partial charge is 0.129 e. The molecular weight excluding hydrogens is 288 g/mol. The molecule has 0 saturated carbocycles. The summed E-state index contributed by atoms with van der Waals surface area (Å²) in [6, 6.07) is 5.80. The van der Waals surface area contributed by atoms with Crippen LogP contribution in [0.3, 0.4) is 0 Å². The average molecular weight is 314 g/mol. The highest BCUT2D eigenvalue weighted by molar-refractivity contribution is 5.59. The number of allylic oxidation sites excluding steroid dienone is 5. The fourth-order valence-corrected chi connectivity index (χ4v) is 2.06. The lowest BCUT2D eigenvalue weighted by atomic mass is 10.1. The molecule has 3 nitrogen and oxygen atoms in total. The van der Waals surface area contributed by atoms with Crippen molar-refractivity contribution in [3.05, 3.63) is 53.6 Å². The Balaban J connectivity index is 2.43. The van der Waals surface area contributed by atoms with Gasteiger partial charge in [0.05, 0.1) is 14.2 Å². The zero-order valence-corrected chi connectivity index (χ0v) is 14.2. The number of unbranched alkanes of at least 4 members (excludes halogenated alkanes) is 1. The van der Waals surface area contributed by atoms with Crippen molar-refractivity contribution in [1.29, 1.82) is 0 Å². The number of methoxy groups -OCH3 is 2. The summed E-state index contributed by atoms with van der Waals surface area (Å²) in [5.74, 6) is 1.60. The Hall–Kier alpha value is -2.29. The number of aldehydes is 1. The van der Waals surface area contributed by atoms with Crippen molar-refractivity contribution in [2.75, 3.05) is 14.2 Å². The van der Waals surface area contributed by atoms with Gasteiger partial charge in [-0.2, -0.15) is 0 Å². The molecule has 0 heterocycles. The van der Waals surface area contributed by atoms with Gasteiger partial charge in [-0.05, 0) is 38.3 Å². The van der Waals surface area contributed by atoms with Gasteiger partial charge in [-0.3, -0.25) is 0 Å². The average Bonchev–Trinajstić information content (AvgIpc) is 2.59. The molecule has 0 aliphatic heterocycles. The molecule has 1 rings (SSSR count). The molecule has 0 radical (unpaired) electrons. The lowest BCUT2D eigenvalue weighted by Crippen LogP contribution is -1.89. The van der Waals surface area contributed by atoms with Crippen LogP contribution in [0.4, 0.5) is 0 Å². The first kappa shape index (κ1) is 18.8. The van der Waals surface area contributed by atoms with Gasteiger partial charge in [0.2, 0.25) is 0 Å². The Morgan fingerprint density at radius 1 is 1.09 bits per heavy atom. The van der Waals surface area contributed by atoms with Gasteiger partial charge in [0.1, 0.15) is 17.8 Å². The number of hydrogen-bond donors (Lipinski definition) is 0. The maximum absolute atomic E-state index is 10.3. The van der Waals surface area contributed by atoms with E-state index in [0.717, 1.165) is 42.6 Å². The number of carbonyl (C=O) groups excluding carboxylic acids is 1. The minimum absolute atomic E-state index is 0.600. The highest BCUT2D eigenvalue weighted by Crippen LogP contribution is 2.25. The largest absolute Gasteiger partial charge is 0.497 e. The molecule has 124 valence electrons. The third-order valence-electron chi connectivity index (χ3n) is 3.41. The first-order chi connectivity index (χ1) is 11.2. The second kappa shape index (κ2) is 11.3. The molecule has 0 bridgehead atoms. The molecule has 0 amide bonds. The zero-order valence-electron chi connectivity index (χ0n) is 14.2. The molecule has 0 N–H and O–H groups in total. The van der Waals surface area contributed by atoms with Crippen LogP contribution in [-0.2, 0) is 4.79 Å². The molecule has 1 aromatic rings. The highest BCUT2D eigenvalue weighted by atomic mass is 16.5. The Kier molecular flexibility index (Phi) is 9.22. The van der Waals surface area contributed by atoms with E-state index in [9.17, 15) is 4.79 Å². The molecule has 0 spiro atoms. The summed E-state index contributed by atoms with van der Waals surface area (Å²) in [6.07, 6.45) is 14.8. The van der Waals surface area contributed by atoms with Gasteiger partial charge in [-0.25, -0.2) is 0 Å². The molecule has 0 unspecified atom stereocenters. The van der Waals surface area contributed by atoms with Crippen molar-refractivity contribution in [2.24, 2.45) is 0 Å². The molecular formula is C20H26O3. The predicted octanol–water partition coefficient (Wildman–Crippen LogP) is 4.98. The minimum atomic E-state index is 0.600. The molecule has 0 aromatic heterocycles. The standard InChI is InChI=1S/C20H26O3/c1-17(11-9-15-21)10-7-5-4-6-8-12-18-13-14-19(22-2)16-20(18)23-3/h5,7-8,10,12-16H,4,6,9,11H2,1-3H3/b7-5+,12-8+,17-10+. The van der Waals surface area contributed by atoms with Crippen LogP contribution in [0.2, 0.25) is 0 Å².